The summed E-state index contributed by atoms with van der Waals surface area (Å²) >= 11 is 0. The largest absolute Gasteiger partial charge is 0.451 e. The molecule has 1 N–H and O–H groups in total. The van der Waals surface area contributed by atoms with Crippen LogP contribution < -0.4 is 4.72 Å². The van der Waals surface area contributed by atoms with Gasteiger partial charge in [-0.3, -0.25) is 0 Å². The summed E-state index contributed by atoms with van der Waals surface area (Å²) in [7, 11) is -3.48. The summed E-state index contributed by atoms with van der Waals surface area (Å²) in [5, 5.41) is 0. The Hall–Kier alpha value is -1.73. The van der Waals surface area contributed by atoms with Gasteiger partial charge in [-0.15, -0.1) is 0 Å². The summed E-state index contributed by atoms with van der Waals surface area (Å²) in [4.78, 5) is 3.79. The SMILES string of the molecule is O=S(=O)(Cc1ccc(F)cc1)NCc1cocn1. The van der Waals surface area contributed by atoms with Crippen molar-refractivity contribution in [2.24, 2.45) is 0 Å². The number of hydrogen-bond acceptors (Lipinski definition) is 4. The Morgan fingerprint density at radius 1 is 1.28 bits per heavy atom. The standard InChI is InChI=1S/C11H11FN2O3S/c12-10-3-1-9(2-4-10)7-18(15,16)14-5-11-6-17-8-13-11/h1-4,6,8,14H,5,7H2. The lowest BCUT2D eigenvalue weighted by Gasteiger charge is -2.05. The van der Waals surface area contributed by atoms with E-state index in [4.69, 9.17) is 4.42 Å². The number of benzene rings is 1. The number of halogens is 1. The quantitative estimate of drug-likeness (QED) is 0.892. The smallest absolute Gasteiger partial charge is 0.216 e. The van der Waals surface area contributed by atoms with Gasteiger partial charge in [0.05, 0.1) is 18.0 Å². The first-order valence-corrected chi connectivity index (χ1v) is 6.79. The van der Waals surface area contributed by atoms with Gasteiger partial charge in [-0.1, -0.05) is 12.1 Å². The molecule has 0 radical (unpaired) electrons. The maximum absolute atomic E-state index is 12.7. The minimum atomic E-state index is -3.48. The van der Waals surface area contributed by atoms with Crippen molar-refractivity contribution in [3.8, 4) is 0 Å². The Bertz CT molecular complexity index is 594. The Morgan fingerprint density at radius 2 is 2.00 bits per heavy atom. The molecule has 96 valence electrons. The van der Waals surface area contributed by atoms with Crippen LogP contribution in [0, 0.1) is 5.82 Å². The second-order valence-corrected chi connectivity index (χ2v) is 5.49. The third kappa shape index (κ3) is 3.64. The van der Waals surface area contributed by atoms with Crippen LogP contribution in [0.25, 0.3) is 0 Å². The van der Waals surface area contributed by atoms with Crippen LogP contribution in [-0.2, 0) is 22.3 Å². The molecule has 0 saturated carbocycles. The molecule has 0 amide bonds. The van der Waals surface area contributed by atoms with E-state index in [1.54, 1.807) is 0 Å². The zero-order valence-electron chi connectivity index (χ0n) is 9.34. The van der Waals surface area contributed by atoms with Gasteiger partial charge in [0.1, 0.15) is 12.1 Å². The highest BCUT2D eigenvalue weighted by molar-refractivity contribution is 7.88. The molecule has 0 saturated heterocycles. The lowest BCUT2D eigenvalue weighted by molar-refractivity contribution is 0.555. The highest BCUT2D eigenvalue weighted by atomic mass is 32.2. The van der Waals surface area contributed by atoms with Gasteiger partial charge < -0.3 is 4.42 Å². The minimum absolute atomic E-state index is 0.0695. The fourth-order valence-electron chi connectivity index (χ4n) is 1.36. The molecule has 0 atom stereocenters. The average molecular weight is 270 g/mol. The first-order chi connectivity index (χ1) is 8.55. The number of nitrogens with zero attached hydrogens (tertiary/aromatic N) is 1. The normalized spacial score (nSPS) is 11.6. The van der Waals surface area contributed by atoms with Crippen LogP contribution in [0.2, 0.25) is 0 Å². The number of sulfonamides is 1. The summed E-state index contributed by atoms with van der Waals surface area (Å²) in [5.41, 5.74) is 1.02. The minimum Gasteiger partial charge on any atom is -0.451 e. The van der Waals surface area contributed by atoms with Crippen molar-refractivity contribution in [3.63, 3.8) is 0 Å². The number of oxazole rings is 1. The van der Waals surface area contributed by atoms with E-state index >= 15 is 0 Å². The topological polar surface area (TPSA) is 72.2 Å². The molecule has 0 aliphatic carbocycles. The Morgan fingerprint density at radius 3 is 2.61 bits per heavy atom. The zero-order chi connectivity index (χ0) is 13.0. The van der Waals surface area contributed by atoms with Gasteiger partial charge in [0, 0.05) is 0 Å². The van der Waals surface area contributed by atoms with E-state index in [0.717, 1.165) is 0 Å². The van der Waals surface area contributed by atoms with Gasteiger partial charge in [-0.25, -0.2) is 22.5 Å². The molecular weight excluding hydrogens is 259 g/mol. The Kier molecular flexibility index (Phi) is 3.73. The second-order valence-electron chi connectivity index (χ2n) is 3.69. The van der Waals surface area contributed by atoms with Crippen molar-refractivity contribution < 1.29 is 17.2 Å². The molecule has 2 rings (SSSR count). The highest BCUT2D eigenvalue weighted by Crippen LogP contribution is 2.07. The van der Waals surface area contributed by atoms with E-state index < -0.39 is 15.8 Å². The monoisotopic (exact) mass is 270 g/mol. The lowest BCUT2D eigenvalue weighted by atomic mass is 10.2. The fraction of sp³-hybridized carbons (Fsp3) is 0.182. The van der Waals surface area contributed by atoms with Crippen LogP contribution >= 0.6 is 0 Å². The summed E-state index contributed by atoms with van der Waals surface area (Å²) in [6.07, 6.45) is 2.59. The molecule has 18 heavy (non-hydrogen) atoms. The first kappa shape index (κ1) is 12.7. The number of aromatic nitrogens is 1. The van der Waals surface area contributed by atoms with Crippen molar-refractivity contribution in [2.45, 2.75) is 12.3 Å². The van der Waals surface area contributed by atoms with Gasteiger partial charge >= 0.3 is 0 Å². The van der Waals surface area contributed by atoms with Crippen LogP contribution in [0.4, 0.5) is 4.39 Å². The molecular formula is C11H11FN2O3S. The summed E-state index contributed by atoms with van der Waals surface area (Å²) in [6, 6.07) is 5.32. The van der Waals surface area contributed by atoms with Crippen LogP contribution in [0.5, 0.6) is 0 Å². The van der Waals surface area contributed by atoms with Crippen LogP contribution in [-0.4, -0.2) is 13.4 Å². The molecule has 0 fully saturated rings. The van der Waals surface area contributed by atoms with Gasteiger partial charge in [-0.2, -0.15) is 0 Å². The third-order valence-electron chi connectivity index (χ3n) is 2.23. The molecule has 0 aliphatic rings. The van der Waals surface area contributed by atoms with Gasteiger partial charge in [0.15, 0.2) is 6.39 Å². The van der Waals surface area contributed by atoms with E-state index in [1.165, 1.54) is 36.9 Å². The van der Waals surface area contributed by atoms with E-state index in [-0.39, 0.29) is 12.3 Å². The molecule has 0 aliphatic heterocycles. The Balaban J connectivity index is 1.97. The molecule has 0 bridgehead atoms. The molecule has 0 unspecified atom stereocenters. The van der Waals surface area contributed by atoms with Gasteiger partial charge in [0.25, 0.3) is 0 Å². The molecule has 1 aromatic heterocycles. The number of nitrogens with one attached hydrogen (secondary N) is 1. The van der Waals surface area contributed by atoms with E-state index in [2.05, 4.69) is 9.71 Å². The average Bonchev–Trinajstić information content (AvgIpc) is 2.83. The van der Waals surface area contributed by atoms with E-state index in [9.17, 15) is 12.8 Å². The summed E-state index contributed by atoms with van der Waals surface area (Å²) in [5.74, 6) is -0.600. The zero-order valence-corrected chi connectivity index (χ0v) is 10.2. The van der Waals surface area contributed by atoms with Crippen LogP contribution in [0.15, 0.2) is 41.3 Å². The fourth-order valence-corrected chi connectivity index (χ4v) is 2.46. The third-order valence-corrected chi connectivity index (χ3v) is 3.52. The predicted molar refractivity (Wildman–Crippen MR) is 62.4 cm³/mol. The molecule has 7 heteroatoms. The number of hydrogen-bond donors (Lipinski definition) is 1. The summed E-state index contributed by atoms with van der Waals surface area (Å²) < 4.78 is 43.2. The second kappa shape index (κ2) is 5.28. The molecule has 5 nitrogen and oxygen atoms in total. The Labute approximate surface area is 104 Å². The molecule has 2 aromatic rings. The van der Waals surface area contributed by atoms with Crippen molar-refractivity contribution in [2.75, 3.05) is 0 Å². The van der Waals surface area contributed by atoms with Crippen molar-refractivity contribution in [1.29, 1.82) is 0 Å². The van der Waals surface area contributed by atoms with E-state index in [1.807, 2.05) is 0 Å². The van der Waals surface area contributed by atoms with E-state index in [0.29, 0.717) is 11.3 Å². The maximum Gasteiger partial charge on any atom is 0.216 e. The van der Waals surface area contributed by atoms with Gasteiger partial charge in [0.2, 0.25) is 10.0 Å². The summed E-state index contributed by atoms with van der Waals surface area (Å²) in [6.45, 7) is 0.0695. The molecule has 0 spiro atoms. The first-order valence-electron chi connectivity index (χ1n) is 5.14. The van der Waals surface area contributed by atoms with Crippen LogP contribution in [0.1, 0.15) is 11.3 Å². The van der Waals surface area contributed by atoms with Crippen molar-refractivity contribution in [3.05, 3.63) is 54.0 Å². The van der Waals surface area contributed by atoms with Crippen molar-refractivity contribution >= 4 is 10.0 Å². The predicted octanol–water partition coefficient (Wildman–Crippen LogP) is 1.43. The number of rotatable bonds is 5. The highest BCUT2D eigenvalue weighted by Gasteiger charge is 2.12. The lowest BCUT2D eigenvalue weighted by Crippen LogP contribution is -2.24. The molecule has 1 aromatic carbocycles. The maximum atomic E-state index is 12.7. The van der Waals surface area contributed by atoms with Gasteiger partial charge in [-0.05, 0) is 17.7 Å². The van der Waals surface area contributed by atoms with Crippen LogP contribution in [0.3, 0.4) is 0 Å². The molecule has 1 heterocycles. The van der Waals surface area contributed by atoms with Crippen molar-refractivity contribution in [1.82, 2.24) is 9.71 Å².